The van der Waals surface area contributed by atoms with E-state index in [-0.39, 0.29) is 5.91 Å². The van der Waals surface area contributed by atoms with E-state index in [2.05, 4.69) is 21.2 Å². The van der Waals surface area contributed by atoms with E-state index >= 15 is 0 Å². The minimum absolute atomic E-state index is 0.208. The summed E-state index contributed by atoms with van der Waals surface area (Å²) in [6, 6.07) is 11.4. The highest BCUT2D eigenvalue weighted by Crippen LogP contribution is 2.40. The highest BCUT2D eigenvalue weighted by molar-refractivity contribution is 9.10. The zero-order valence-electron chi connectivity index (χ0n) is 16.8. The summed E-state index contributed by atoms with van der Waals surface area (Å²) in [5, 5.41) is 11.3. The van der Waals surface area contributed by atoms with Crippen LogP contribution < -0.4 is 25.4 Å². The molecule has 2 heterocycles. The van der Waals surface area contributed by atoms with Crippen molar-refractivity contribution in [1.29, 1.82) is 0 Å². The molecule has 0 radical (unpaired) electrons. The molecule has 7 nitrogen and oxygen atoms in total. The van der Waals surface area contributed by atoms with Gasteiger partial charge in [0.2, 0.25) is 0 Å². The van der Waals surface area contributed by atoms with Gasteiger partial charge in [0.25, 0.3) is 5.91 Å². The summed E-state index contributed by atoms with van der Waals surface area (Å²) < 4.78 is 12.3. The highest BCUT2D eigenvalue weighted by Gasteiger charge is 2.36. The Kier molecular flexibility index (Phi) is 6.01. The predicted octanol–water partition coefficient (Wildman–Crippen LogP) is 2.75. The van der Waals surface area contributed by atoms with Gasteiger partial charge in [0.1, 0.15) is 5.70 Å². The van der Waals surface area contributed by atoms with Crippen molar-refractivity contribution in [2.75, 3.05) is 19.5 Å². The Morgan fingerprint density at radius 1 is 1.27 bits per heavy atom. The van der Waals surface area contributed by atoms with Crippen molar-refractivity contribution < 1.29 is 14.3 Å². The van der Waals surface area contributed by atoms with E-state index < -0.39 is 6.17 Å². The first-order valence-electron chi connectivity index (χ1n) is 9.56. The molecule has 0 saturated heterocycles. The van der Waals surface area contributed by atoms with Gasteiger partial charge in [-0.15, -0.1) is 5.10 Å². The largest absolute Gasteiger partial charge is 0.492 e. The number of methoxy groups -OCH3 is 1. The van der Waals surface area contributed by atoms with Gasteiger partial charge in [0.15, 0.2) is 22.8 Å². The molecule has 2 aliphatic heterocycles. The van der Waals surface area contributed by atoms with Crippen molar-refractivity contribution in [3.8, 4) is 11.5 Å². The number of hydrogen-bond acceptors (Lipinski definition) is 7. The first-order chi connectivity index (χ1) is 14.6. The van der Waals surface area contributed by atoms with E-state index in [0.29, 0.717) is 29.0 Å². The average molecular weight is 489 g/mol. The number of rotatable bonds is 5. The molecule has 0 unspecified atom stereocenters. The summed E-state index contributed by atoms with van der Waals surface area (Å²) in [4.78, 5) is 18.0. The molecule has 4 rings (SSSR count). The van der Waals surface area contributed by atoms with Gasteiger partial charge in [-0.25, -0.2) is 5.01 Å². The number of nitrogens with zero attached hydrogens (tertiary/aromatic N) is 3. The second-order valence-electron chi connectivity index (χ2n) is 6.46. The Hall–Kier alpha value is -2.52. The average Bonchev–Trinajstić information content (AvgIpc) is 2.73. The smallest absolute Gasteiger partial charge is 0.276 e. The van der Waals surface area contributed by atoms with Gasteiger partial charge in [-0.05, 0) is 36.9 Å². The molecule has 0 aliphatic carbocycles. The van der Waals surface area contributed by atoms with Crippen molar-refractivity contribution in [2.45, 2.75) is 20.0 Å². The van der Waals surface area contributed by atoms with Gasteiger partial charge < -0.3 is 9.47 Å². The summed E-state index contributed by atoms with van der Waals surface area (Å²) in [5.74, 6) is 1.79. The number of amides is 1. The number of nitrogens with one attached hydrogen (secondary N) is 1. The molecule has 0 fully saturated rings. The Morgan fingerprint density at radius 2 is 2.10 bits per heavy atom. The van der Waals surface area contributed by atoms with E-state index in [1.54, 1.807) is 12.1 Å². The van der Waals surface area contributed by atoms with Crippen LogP contribution in [0.1, 0.15) is 25.6 Å². The van der Waals surface area contributed by atoms with Crippen LogP contribution in [0.25, 0.3) is 5.70 Å². The van der Waals surface area contributed by atoms with Gasteiger partial charge in [0, 0.05) is 15.3 Å². The molecule has 0 bridgehead atoms. The van der Waals surface area contributed by atoms with E-state index in [1.165, 1.54) is 11.8 Å². The minimum atomic E-state index is -0.567. The van der Waals surface area contributed by atoms with Crippen LogP contribution >= 0.6 is 27.7 Å². The molecule has 9 heteroatoms. The number of carbonyl (C=O) groups is 1. The van der Waals surface area contributed by atoms with Gasteiger partial charge in [0.05, 0.1) is 19.1 Å². The fourth-order valence-electron chi connectivity index (χ4n) is 3.48. The lowest BCUT2D eigenvalue weighted by Crippen LogP contribution is -2.50. The molecule has 1 N–H and O–H groups in total. The number of carbonyl (C=O) groups excluding carboxylic acids is 1. The number of ether oxygens (including phenoxy) is 2. The molecule has 0 saturated carbocycles. The van der Waals surface area contributed by atoms with Gasteiger partial charge in [-0.2, -0.15) is 0 Å². The first-order valence-corrected chi connectivity index (χ1v) is 11.3. The van der Waals surface area contributed by atoms with Crippen LogP contribution in [0.15, 0.2) is 51.0 Å². The fourth-order valence-corrected chi connectivity index (χ4v) is 4.42. The lowest BCUT2D eigenvalue weighted by atomic mass is 10.1. The molecule has 0 spiro atoms. The van der Waals surface area contributed by atoms with E-state index in [9.17, 15) is 4.79 Å². The molecule has 2 aromatic carbocycles. The highest BCUT2D eigenvalue weighted by atomic mass is 79.9. The summed E-state index contributed by atoms with van der Waals surface area (Å²) >= 11 is 4.96. The third kappa shape index (κ3) is 3.67. The second kappa shape index (κ2) is 8.69. The molecule has 1 amide bonds. The Bertz CT molecular complexity index is 1150. The lowest BCUT2D eigenvalue weighted by molar-refractivity contribution is -0.116. The normalized spacial score (nSPS) is 17.4. The van der Waals surface area contributed by atoms with E-state index in [1.807, 2.05) is 50.2 Å². The molecule has 2 aromatic rings. The maximum absolute atomic E-state index is 13.1. The number of amidine groups is 1. The topological polar surface area (TPSA) is 75.5 Å². The van der Waals surface area contributed by atoms with Crippen molar-refractivity contribution in [2.24, 2.45) is 10.1 Å². The monoisotopic (exact) mass is 488 g/mol. The van der Waals surface area contributed by atoms with Crippen molar-refractivity contribution >= 4 is 44.5 Å². The number of thioether (sulfide) groups is 1. The zero-order valence-corrected chi connectivity index (χ0v) is 19.2. The van der Waals surface area contributed by atoms with Crippen LogP contribution in [0, 0.1) is 0 Å². The van der Waals surface area contributed by atoms with Crippen LogP contribution in [0.3, 0.4) is 0 Å². The van der Waals surface area contributed by atoms with Crippen LogP contribution in [0.5, 0.6) is 11.5 Å². The molecule has 1 atom stereocenters. The van der Waals surface area contributed by atoms with Crippen LogP contribution in [-0.2, 0) is 4.79 Å². The van der Waals surface area contributed by atoms with Gasteiger partial charge >= 0.3 is 0 Å². The zero-order chi connectivity index (χ0) is 21.3. The Balaban J connectivity index is 1.97. The molecule has 2 aliphatic rings. The van der Waals surface area contributed by atoms with Crippen LogP contribution in [0.2, 0.25) is 0 Å². The van der Waals surface area contributed by atoms with Crippen LogP contribution in [-0.4, -0.2) is 35.6 Å². The minimum Gasteiger partial charge on any atom is -0.492 e. The van der Waals surface area contributed by atoms with Crippen LogP contribution in [0.4, 0.5) is 0 Å². The molecule has 156 valence electrons. The number of hydrazone groups is 1. The number of benzene rings is 2. The third-order valence-electron chi connectivity index (χ3n) is 4.64. The molecular weight excluding hydrogens is 468 g/mol. The summed E-state index contributed by atoms with van der Waals surface area (Å²) in [6.07, 6.45) is -0.567. The Morgan fingerprint density at radius 3 is 2.83 bits per heavy atom. The fraction of sp³-hybridized carbons (Fsp3) is 0.286. The van der Waals surface area contributed by atoms with Crippen molar-refractivity contribution in [3.63, 3.8) is 0 Å². The van der Waals surface area contributed by atoms with E-state index in [0.717, 1.165) is 26.4 Å². The number of fused-ring (bicyclic) bond motifs is 2. The van der Waals surface area contributed by atoms with Gasteiger partial charge in [-0.1, -0.05) is 46.7 Å². The van der Waals surface area contributed by atoms with Crippen molar-refractivity contribution in [1.82, 2.24) is 10.3 Å². The standard InChI is InChI=1S/C21H21BrN4O3S/c1-4-29-16-8-6-7-13(18(16)28-3)19-23-15-10-9-12(22)11-14(15)17-20(27)24-21(30-5-2)25-26(17)19/h6-11,19H,4-5H2,1-3H3,(H,24,25,27)/t19-/m1/s1. The van der Waals surface area contributed by atoms with E-state index in [4.69, 9.17) is 19.6 Å². The van der Waals surface area contributed by atoms with Gasteiger partial charge in [-0.3, -0.25) is 15.1 Å². The maximum Gasteiger partial charge on any atom is 0.276 e. The number of para-hydroxylation sites is 1. The second-order valence-corrected chi connectivity index (χ2v) is 8.63. The molecule has 0 aromatic heterocycles. The quantitative estimate of drug-likeness (QED) is 0.700. The van der Waals surface area contributed by atoms with Crippen molar-refractivity contribution in [3.05, 3.63) is 57.0 Å². The Labute approximate surface area is 187 Å². The lowest BCUT2D eigenvalue weighted by Gasteiger charge is -2.34. The third-order valence-corrected chi connectivity index (χ3v) is 5.88. The number of hydrogen-bond donors (Lipinski definition) is 1. The number of halogens is 1. The first kappa shape index (κ1) is 20.7. The summed E-state index contributed by atoms with van der Waals surface area (Å²) in [7, 11) is 1.60. The molecule has 30 heavy (non-hydrogen) atoms. The summed E-state index contributed by atoms with van der Waals surface area (Å²) in [6.45, 7) is 4.44. The SMILES string of the molecule is CCOc1cccc([C@@H]2N=c3ccc(Br)cc3=C3C(=O)NC(SCC)=NN32)c1OC. The summed E-state index contributed by atoms with van der Waals surface area (Å²) in [5.41, 5.74) is 1.23. The maximum atomic E-state index is 13.1. The predicted molar refractivity (Wildman–Crippen MR) is 121 cm³/mol. The molecular formula is C21H21BrN4O3S.